The molecule has 0 radical (unpaired) electrons. The van der Waals surface area contributed by atoms with Gasteiger partial charge in [0.15, 0.2) is 0 Å². The molecule has 0 atom stereocenters. The number of rotatable bonds is 7. The van der Waals surface area contributed by atoms with Gasteiger partial charge < -0.3 is 14.2 Å². The number of furan rings is 2. The molecule has 0 aliphatic carbocycles. The molecule has 0 spiro atoms. The van der Waals surface area contributed by atoms with Crippen molar-refractivity contribution in [2.75, 3.05) is 7.05 Å². The minimum atomic E-state index is 0.479. The summed E-state index contributed by atoms with van der Waals surface area (Å²) in [5.41, 5.74) is 1.24. The summed E-state index contributed by atoms with van der Waals surface area (Å²) in [5, 5.41) is 3.42. The SMILES string of the molecule is Cc1ccc(CN(C)Cc2cc(CNC(C)C)c(C)o2)o1. The van der Waals surface area contributed by atoms with E-state index in [0.29, 0.717) is 6.04 Å². The first-order valence-electron chi connectivity index (χ1n) is 7.49. The Kier molecular flexibility index (Phi) is 5.26. The average Bonchev–Trinajstić information content (AvgIpc) is 2.93. The maximum absolute atomic E-state index is 5.85. The molecule has 21 heavy (non-hydrogen) atoms. The van der Waals surface area contributed by atoms with Gasteiger partial charge >= 0.3 is 0 Å². The molecule has 0 aliphatic heterocycles. The Balaban J connectivity index is 1.91. The van der Waals surface area contributed by atoms with Gasteiger partial charge in [0.05, 0.1) is 13.1 Å². The lowest BCUT2D eigenvalue weighted by Gasteiger charge is -2.13. The molecule has 0 fully saturated rings. The first-order valence-corrected chi connectivity index (χ1v) is 7.49. The van der Waals surface area contributed by atoms with Crippen LogP contribution in [0.4, 0.5) is 0 Å². The molecule has 1 N–H and O–H groups in total. The van der Waals surface area contributed by atoms with Crippen LogP contribution in [-0.4, -0.2) is 18.0 Å². The molecule has 2 heterocycles. The van der Waals surface area contributed by atoms with Gasteiger partial charge in [-0.15, -0.1) is 0 Å². The van der Waals surface area contributed by atoms with Gasteiger partial charge in [-0.2, -0.15) is 0 Å². The van der Waals surface area contributed by atoms with Gasteiger partial charge in [0, 0.05) is 18.2 Å². The van der Waals surface area contributed by atoms with Crippen LogP contribution >= 0.6 is 0 Å². The van der Waals surface area contributed by atoms with E-state index in [4.69, 9.17) is 8.83 Å². The van der Waals surface area contributed by atoms with Gasteiger partial charge in [-0.25, -0.2) is 0 Å². The summed E-state index contributed by atoms with van der Waals surface area (Å²) in [6.45, 7) is 10.7. The zero-order valence-corrected chi connectivity index (χ0v) is 13.7. The molecule has 0 bridgehead atoms. The smallest absolute Gasteiger partial charge is 0.118 e. The third-order valence-corrected chi connectivity index (χ3v) is 3.42. The van der Waals surface area contributed by atoms with Gasteiger partial charge in [-0.05, 0) is 39.1 Å². The Bertz CT molecular complexity index is 569. The molecular weight excluding hydrogens is 264 g/mol. The second-order valence-corrected chi connectivity index (χ2v) is 6.01. The lowest BCUT2D eigenvalue weighted by atomic mass is 10.2. The summed E-state index contributed by atoms with van der Waals surface area (Å²) in [7, 11) is 2.07. The quantitative estimate of drug-likeness (QED) is 0.845. The van der Waals surface area contributed by atoms with E-state index in [1.807, 2.05) is 26.0 Å². The van der Waals surface area contributed by atoms with Gasteiger partial charge in [-0.1, -0.05) is 13.8 Å². The standard InChI is InChI=1S/C17H26N2O2/c1-12(2)18-9-15-8-17(21-14(15)4)11-19(5)10-16-7-6-13(3)20-16/h6-8,12,18H,9-11H2,1-5H3. The molecule has 0 aromatic carbocycles. The Morgan fingerprint density at radius 3 is 2.43 bits per heavy atom. The minimum absolute atomic E-state index is 0.479. The maximum atomic E-state index is 5.85. The Hall–Kier alpha value is -1.52. The predicted molar refractivity (Wildman–Crippen MR) is 84.0 cm³/mol. The lowest BCUT2D eigenvalue weighted by molar-refractivity contribution is 0.261. The zero-order chi connectivity index (χ0) is 15.4. The molecule has 4 heteroatoms. The van der Waals surface area contributed by atoms with Crippen LogP contribution in [0.5, 0.6) is 0 Å². The number of hydrogen-bond acceptors (Lipinski definition) is 4. The van der Waals surface area contributed by atoms with E-state index >= 15 is 0 Å². The number of nitrogens with one attached hydrogen (secondary N) is 1. The third-order valence-electron chi connectivity index (χ3n) is 3.42. The highest BCUT2D eigenvalue weighted by Gasteiger charge is 2.11. The Morgan fingerprint density at radius 1 is 1.10 bits per heavy atom. The van der Waals surface area contributed by atoms with E-state index in [9.17, 15) is 0 Å². The highest BCUT2D eigenvalue weighted by Crippen LogP contribution is 2.17. The second kappa shape index (κ2) is 6.96. The van der Waals surface area contributed by atoms with Crippen LogP contribution in [0.25, 0.3) is 0 Å². The fraction of sp³-hybridized carbons (Fsp3) is 0.529. The van der Waals surface area contributed by atoms with Crippen LogP contribution in [0.1, 0.15) is 42.5 Å². The maximum Gasteiger partial charge on any atom is 0.118 e. The molecule has 0 amide bonds. The van der Waals surface area contributed by atoms with Gasteiger partial charge in [-0.3, -0.25) is 4.90 Å². The van der Waals surface area contributed by atoms with Crippen LogP contribution in [0.15, 0.2) is 27.0 Å². The van der Waals surface area contributed by atoms with E-state index < -0.39 is 0 Å². The van der Waals surface area contributed by atoms with Crippen molar-refractivity contribution in [1.82, 2.24) is 10.2 Å². The van der Waals surface area contributed by atoms with Crippen molar-refractivity contribution >= 4 is 0 Å². The highest BCUT2D eigenvalue weighted by molar-refractivity contribution is 5.20. The summed E-state index contributed by atoms with van der Waals surface area (Å²) in [4.78, 5) is 2.19. The van der Waals surface area contributed by atoms with Crippen molar-refractivity contribution in [2.45, 2.75) is 53.4 Å². The predicted octanol–water partition coefficient (Wildman–Crippen LogP) is 3.62. The van der Waals surface area contributed by atoms with Crippen molar-refractivity contribution < 1.29 is 8.83 Å². The fourth-order valence-electron chi connectivity index (χ4n) is 2.31. The van der Waals surface area contributed by atoms with Crippen molar-refractivity contribution in [3.05, 3.63) is 46.8 Å². The lowest BCUT2D eigenvalue weighted by Crippen LogP contribution is -2.21. The van der Waals surface area contributed by atoms with Crippen LogP contribution < -0.4 is 5.32 Å². The summed E-state index contributed by atoms with van der Waals surface area (Å²) >= 11 is 0. The van der Waals surface area contributed by atoms with E-state index in [0.717, 1.165) is 42.7 Å². The molecule has 2 aromatic heterocycles. The molecule has 0 unspecified atom stereocenters. The largest absolute Gasteiger partial charge is 0.465 e. The Morgan fingerprint density at radius 2 is 1.81 bits per heavy atom. The second-order valence-electron chi connectivity index (χ2n) is 6.01. The molecule has 2 rings (SSSR count). The van der Waals surface area contributed by atoms with Crippen molar-refractivity contribution in [2.24, 2.45) is 0 Å². The van der Waals surface area contributed by atoms with E-state index in [-0.39, 0.29) is 0 Å². The summed E-state index contributed by atoms with van der Waals surface area (Å²) < 4.78 is 11.5. The molecule has 0 aliphatic rings. The summed E-state index contributed by atoms with van der Waals surface area (Å²) in [6.07, 6.45) is 0. The van der Waals surface area contributed by atoms with Gasteiger partial charge in [0.1, 0.15) is 23.0 Å². The van der Waals surface area contributed by atoms with E-state index in [1.165, 1.54) is 5.56 Å². The van der Waals surface area contributed by atoms with Crippen LogP contribution in [0.2, 0.25) is 0 Å². The van der Waals surface area contributed by atoms with Gasteiger partial charge in [0.2, 0.25) is 0 Å². The monoisotopic (exact) mass is 290 g/mol. The number of hydrogen-bond donors (Lipinski definition) is 1. The molecule has 0 saturated heterocycles. The molecular formula is C17H26N2O2. The molecule has 0 saturated carbocycles. The van der Waals surface area contributed by atoms with Crippen LogP contribution in [-0.2, 0) is 19.6 Å². The molecule has 2 aromatic rings. The summed E-state index contributed by atoms with van der Waals surface area (Å²) in [6, 6.07) is 6.65. The Labute approximate surface area is 127 Å². The third kappa shape index (κ3) is 4.76. The van der Waals surface area contributed by atoms with E-state index in [2.05, 4.69) is 37.2 Å². The minimum Gasteiger partial charge on any atom is -0.465 e. The van der Waals surface area contributed by atoms with Crippen molar-refractivity contribution in [3.8, 4) is 0 Å². The van der Waals surface area contributed by atoms with E-state index in [1.54, 1.807) is 0 Å². The number of nitrogens with zero attached hydrogens (tertiary/aromatic N) is 1. The zero-order valence-electron chi connectivity index (χ0n) is 13.7. The number of aryl methyl sites for hydroxylation is 2. The van der Waals surface area contributed by atoms with Crippen molar-refractivity contribution in [1.29, 1.82) is 0 Å². The first-order chi connectivity index (χ1) is 9.94. The highest BCUT2D eigenvalue weighted by atomic mass is 16.3. The van der Waals surface area contributed by atoms with Crippen molar-refractivity contribution in [3.63, 3.8) is 0 Å². The molecule has 4 nitrogen and oxygen atoms in total. The van der Waals surface area contributed by atoms with Crippen LogP contribution in [0, 0.1) is 13.8 Å². The van der Waals surface area contributed by atoms with Crippen LogP contribution in [0.3, 0.4) is 0 Å². The average molecular weight is 290 g/mol. The topological polar surface area (TPSA) is 41.5 Å². The fourth-order valence-corrected chi connectivity index (χ4v) is 2.31. The molecule has 116 valence electrons. The normalized spacial score (nSPS) is 11.8. The summed E-state index contributed by atoms with van der Waals surface area (Å²) in [5.74, 6) is 3.94. The van der Waals surface area contributed by atoms with Gasteiger partial charge in [0.25, 0.3) is 0 Å². The first kappa shape index (κ1) is 15.9.